The summed E-state index contributed by atoms with van der Waals surface area (Å²) in [5.74, 6) is 0.0182. The van der Waals surface area contributed by atoms with Gasteiger partial charge in [0.2, 0.25) is 20.0 Å². The third kappa shape index (κ3) is 10.2. The molecular formula is C26H24Cl6N4O4. The summed E-state index contributed by atoms with van der Waals surface area (Å²) in [7, 11) is 0. The number of amides is 4. The first-order valence-corrected chi connectivity index (χ1v) is 13.8. The van der Waals surface area contributed by atoms with Crippen LogP contribution < -0.4 is 30.7 Å². The van der Waals surface area contributed by atoms with Crippen molar-refractivity contribution in [2.24, 2.45) is 0 Å². The fourth-order valence-electron chi connectivity index (χ4n) is 3.27. The number of halogens is 6. The van der Waals surface area contributed by atoms with E-state index in [0.29, 0.717) is 11.4 Å². The van der Waals surface area contributed by atoms with Gasteiger partial charge in [-0.05, 0) is 61.4 Å². The van der Waals surface area contributed by atoms with E-state index >= 15 is 0 Å². The highest BCUT2D eigenvalue weighted by molar-refractivity contribution is 6.68. The fourth-order valence-corrected chi connectivity index (χ4v) is 3.87. The van der Waals surface area contributed by atoms with Crippen molar-refractivity contribution in [2.45, 2.75) is 33.9 Å². The largest absolute Gasteiger partial charge is 0.462 e. The van der Waals surface area contributed by atoms with Crippen molar-refractivity contribution in [2.75, 3.05) is 10.6 Å². The molecule has 0 fully saturated rings. The molecule has 2 atom stereocenters. The Morgan fingerprint density at radius 2 is 1.00 bits per heavy atom. The number of hydrogen-bond acceptors (Lipinski definition) is 4. The van der Waals surface area contributed by atoms with E-state index in [1.165, 1.54) is 12.1 Å². The molecule has 14 heteroatoms. The predicted octanol–water partition coefficient (Wildman–Crippen LogP) is 8.10. The second-order valence-electron chi connectivity index (χ2n) is 8.46. The molecule has 3 rings (SSSR count). The molecule has 4 amide bonds. The molecule has 0 spiro atoms. The molecule has 4 N–H and O–H groups in total. The summed E-state index contributed by atoms with van der Waals surface area (Å²) < 4.78 is 7.41. The molecule has 214 valence electrons. The van der Waals surface area contributed by atoms with Crippen LogP contribution in [0.5, 0.6) is 11.5 Å². The fraction of sp³-hybridized carbons (Fsp3) is 0.231. The molecule has 0 aliphatic heterocycles. The van der Waals surface area contributed by atoms with Gasteiger partial charge in [-0.1, -0.05) is 106 Å². The van der Waals surface area contributed by atoms with Crippen LogP contribution in [0.3, 0.4) is 0 Å². The molecule has 0 aromatic heterocycles. The summed E-state index contributed by atoms with van der Waals surface area (Å²) in [5.41, 5.74) is 2.90. The van der Waals surface area contributed by atoms with Crippen molar-refractivity contribution in [3.05, 3.63) is 83.9 Å². The van der Waals surface area contributed by atoms with Crippen LogP contribution in [0.4, 0.5) is 21.0 Å². The lowest BCUT2D eigenvalue weighted by Crippen LogP contribution is -2.50. The van der Waals surface area contributed by atoms with Gasteiger partial charge in [-0.3, -0.25) is 10.6 Å². The molecule has 0 saturated carbocycles. The lowest BCUT2D eigenvalue weighted by molar-refractivity contribution is 0.140. The standard InChI is InChI=1S/C26H24Cl6N4O4/c1-15-7-5-9-17(13-15)33-23(37)35-21(25(27,28)29)39-19-11-3-4-12-20(19)40-22(26(30,31)32)36-24(38)34-18-10-6-8-16(2)14-18/h3-14,21-22H,1-2H3,(H2,33,35,37)(H2,34,36,38)/t21-,22-/m0/s1. The van der Waals surface area contributed by atoms with Crippen molar-refractivity contribution < 1.29 is 19.1 Å². The highest BCUT2D eigenvalue weighted by atomic mass is 35.6. The number of carbonyl (C=O) groups excluding carboxylic acids is 2. The Balaban J connectivity index is 1.76. The number of carbonyl (C=O) groups is 2. The zero-order valence-electron chi connectivity index (χ0n) is 21.0. The van der Waals surface area contributed by atoms with Crippen molar-refractivity contribution in [3.63, 3.8) is 0 Å². The molecule has 40 heavy (non-hydrogen) atoms. The summed E-state index contributed by atoms with van der Waals surface area (Å²) in [5, 5.41) is 10.2. The Kier molecular flexibility index (Phi) is 11.2. The van der Waals surface area contributed by atoms with E-state index in [4.69, 9.17) is 79.1 Å². The number of urea groups is 2. The number of benzene rings is 3. The SMILES string of the molecule is Cc1cccc(NC(=O)N[C@@H](Oc2ccccc2O[C@H](NC(=O)Nc2cccc(C)c2)C(Cl)(Cl)Cl)C(Cl)(Cl)Cl)c1. The molecular weight excluding hydrogens is 645 g/mol. The van der Waals surface area contributed by atoms with Crippen molar-refractivity contribution in [3.8, 4) is 11.5 Å². The summed E-state index contributed by atoms with van der Waals surface area (Å²) in [6.07, 6.45) is -2.98. The second kappa shape index (κ2) is 13.9. The number of nitrogens with one attached hydrogen (secondary N) is 4. The summed E-state index contributed by atoms with van der Waals surface area (Å²) in [4.78, 5) is 25.3. The smallest absolute Gasteiger partial charge is 0.322 e. The van der Waals surface area contributed by atoms with Gasteiger partial charge in [0.05, 0.1) is 0 Å². The predicted molar refractivity (Wildman–Crippen MR) is 163 cm³/mol. The molecule has 3 aromatic rings. The highest BCUT2D eigenvalue weighted by Crippen LogP contribution is 2.38. The van der Waals surface area contributed by atoms with E-state index in [1.54, 1.807) is 48.5 Å². The van der Waals surface area contributed by atoms with Gasteiger partial charge >= 0.3 is 12.1 Å². The Labute approximate surface area is 261 Å². The van der Waals surface area contributed by atoms with Crippen LogP contribution in [0.2, 0.25) is 0 Å². The van der Waals surface area contributed by atoms with Crippen molar-refractivity contribution in [1.82, 2.24) is 10.6 Å². The van der Waals surface area contributed by atoms with Gasteiger partial charge in [0, 0.05) is 11.4 Å². The Hall–Kier alpha value is -2.46. The molecule has 0 aliphatic rings. The molecule has 3 aromatic carbocycles. The normalized spacial score (nSPS) is 13.0. The first-order valence-electron chi connectivity index (χ1n) is 11.5. The van der Waals surface area contributed by atoms with E-state index in [0.717, 1.165) is 11.1 Å². The quantitative estimate of drug-likeness (QED) is 0.144. The molecule has 0 aliphatic carbocycles. The van der Waals surface area contributed by atoms with Crippen LogP contribution in [0.25, 0.3) is 0 Å². The monoisotopic (exact) mass is 666 g/mol. The van der Waals surface area contributed by atoms with Crippen molar-refractivity contribution in [1.29, 1.82) is 0 Å². The van der Waals surface area contributed by atoms with E-state index in [9.17, 15) is 9.59 Å². The van der Waals surface area contributed by atoms with Gasteiger partial charge in [-0.25, -0.2) is 9.59 Å². The molecule has 8 nitrogen and oxygen atoms in total. The van der Waals surface area contributed by atoms with Crippen LogP contribution in [0.15, 0.2) is 72.8 Å². The van der Waals surface area contributed by atoms with E-state index < -0.39 is 32.1 Å². The molecule has 0 bridgehead atoms. The van der Waals surface area contributed by atoms with E-state index in [1.807, 2.05) is 26.0 Å². The van der Waals surface area contributed by atoms with Crippen LogP contribution in [0, 0.1) is 13.8 Å². The minimum atomic E-state index is -2.11. The average molecular weight is 669 g/mol. The number of aryl methyl sites for hydroxylation is 2. The minimum Gasteiger partial charge on any atom is -0.462 e. The van der Waals surface area contributed by atoms with Crippen LogP contribution in [-0.2, 0) is 0 Å². The van der Waals surface area contributed by atoms with Crippen LogP contribution >= 0.6 is 69.6 Å². The maximum Gasteiger partial charge on any atom is 0.322 e. The average Bonchev–Trinajstić information content (AvgIpc) is 2.83. The van der Waals surface area contributed by atoms with Gasteiger partial charge in [-0.15, -0.1) is 0 Å². The minimum absolute atomic E-state index is 0.00910. The number of anilines is 2. The van der Waals surface area contributed by atoms with Crippen LogP contribution in [0.1, 0.15) is 11.1 Å². The van der Waals surface area contributed by atoms with Crippen molar-refractivity contribution >= 4 is 93.0 Å². The maximum absolute atomic E-state index is 12.6. The Bertz CT molecular complexity index is 1230. The molecule has 0 heterocycles. The third-order valence-corrected chi connectivity index (χ3v) is 6.20. The lowest BCUT2D eigenvalue weighted by Gasteiger charge is -2.29. The topological polar surface area (TPSA) is 101 Å². The zero-order valence-corrected chi connectivity index (χ0v) is 25.5. The number of para-hydroxylation sites is 2. The third-order valence-electron chi connectivity index (χ3n) is 5.01. The van der Waals surface area contributed by atoms with Gasteiger partial charge in [0.25, 0.3) is 0 Å². The van der Waals surface area contributed by atoms with Gasteiger partial charge in [0.1, 0.15) is 0 Å². The van der Waals surface area contributed by atoms with Gasteiger partial charge in [0.15, 0.2) is 11.5 Å². The molecule has 0 saturated heterocycles. The molecule has 0 radical (unpaired) electrons. The second-order valence-corrected chi connectivity index (χ2v) is 13.2. The highest BCUT2D eigenvalue weighted by Gasteiger charge is 2.39. The Morgan fingerprint density at radius 1 is 0.625 bits per heavy atom. The Morgan fingerprint density at radius 3 is 1.32 bits per heavy atom. The van der Waals surface area contributed by atoms with Crippen LogP contribution in [-0.4, -0.2) is 32.1 Å². The number of ether oxygens (including phenoxy) is 2. The number of rotatable bonds is 8. The van der Waals surface area contributed by atoms with Gasteiger partial charge in [-0.2, -0.15) is 0 Å². The summed E-state index contributed by atoms with van der Waals surface area (Å²) >= 11 is 36.6. The zero-order chi connectivity index (χ0) is 29.5. The number of alkyl halides is 6. The number of hydrogen-bond donors (Lipinski definition) is 4. The molecule has 0 unspecified atom stereocenters. The maximum atomic E-state index is 12.6. The summed E-state index contributed by atoms with van der Waals surface area (Å²) in [6, 6.07) is 19.0. The van der Waals surface area contributed by atoms with E-state index in [2.05, 4.69) is 21.3 Å². The first kappa shape index (κ1) is 32.1. The lowest BCUT2D eigenvalue weighted by atomic mass is 10.2. The van der Waals surface area contributed by atoms with Gasteiger partial charge < -0.3 is 20.1 Å². The summed E-state index contributed by atoms with van der Waals surface area (Å²) in [6.45, 7) is 3.75. The first-order chi connectivity index (χ1) is 18.7. The van der Waals surface area contributed by atoms with E-state index in [-0.39, 0.29) is 11.5 Å².